The number of nitrogens with zero attached hydrogens (tertiary/aromatic N) is 4. The number of amides is 1. The van der Waals surface area contributed by atoms with Crippen LogP contribution in [0.4, 0.5) is 0 Å². The summed E-state index contributed by atoms with van der Waals surface area (Å²) in [5.41, 5.74) is 3.63. The van der Waals surface area contributed by atoms with Gasteiger partial charge in [-0.2, -0.15) is 0 Å². The molecule has 0 bridgehead atoms. The lowest BCUT2D eigenvalue weighted by Gasteiger charge is -2.26. The van der Waals surface area contributed by atoms with Gasteiger partial charge in [-0.15, -0.1) is 5.10 Å². The summed E-state index contributed by atoms with van der Waals surface area (Å²) < 4.78 is 9.48. The van der Waals surface area contributed by atoms with Crippen molar-refractivity contribution in [2.24, 2.45) is 0 Å². The first-order valence-corrected chi connectivity index (χ1v) is 9.18. The molecule has 7 heteroatoms. The van der Waals surface area contributed by atoms with Gasteiger partial charge in [-0.25, -0.2) is 0 Å². The maximum atomic E-state index is 12.9. The van der Waals surface area contributed by atoms with Crippen LogP contribution in [0.5, 0.6) is 0 Å². The van der Waals surface area contributed by atoms with E-state index in [0.29, 0.717) is 24.4 Å². The Hall–Kier alpha value is -2.54. The lowest BCUT2D eigenvalue weighted by Crippen LogP contribution is -2.35. The number of aromatic nitrogens is 3. The summed E-state index contributed by atoms with van der Waals surface area (Å²) in [5, 5.41) is 8.35. The maximum absolute atomic E-state index is 12.9. The van der Waals surface area contributed by atoms with Crippen LogP contribution in [0.15, 0.2) is 34.9 Å². The molecule has 1 aliphatic rings. The first kappa shape index (κ1) is 16.0. The van der Waals surface area contributed by atoms with Crippen molar-refractivity contribution in [2.45, 2.75) is 32.7 Å². The van der Waals surface area contributed by atoms with Crippen molar-refractivity contribution in [2.75, 3.05) is 6.54 Å². The van der Waals surface area contributed by atoms with Crippen molar-refractivity contribution in [1.82, 2.24) is 19.6 Å². The molecular formula is C18H18N4O2S. The highest BCUT2D eigenvalue weighted by molar-refractivity contribution is 7.08. The Morgan fingerprint density at radius 3 is 2.96 bits per heavy atom. The van der Waals surface area contributed by atoms with Gasteiger partial charge in [0, 0.05) is 24.1 Å². The van der Waals surface area contributed by atoms with E-state index in [0.717, 1.165) is 41.1 Å². The molecule has 0 N–H and O–H groups in total. The molecule has 25 heavy (non-hydrogen) atoms. The van der Waals surface area contributed by atoms with Crippen LogP contribution in [-0.4, -0.2) is 32.1 Å². The zero-order valence-electron chi connectivity index (χ0n) is 13.9. The van der Waals surface area contributed by atoms with Gasteiger partial charge in [0.1, 0.15) is 16.3 Å². The van der Waals surface area contributed by atoms with E-state index in [1.165, 1.54) is 11.5 Å². The van der Waals surface area contributed by atoms with Gasteiger partial charge in [0.25, 0.3) is 5.91 Å². The Bertz CT molecular complexity index is 888. The highest BCUT2D eigenvalue weighted by Gasteiger charge is 2.30. The van der Waals surface area contributed by atoms with E-state index in [4.69, 9.17) is 4.52 Å². The topological polar surface area (TPSA) is 72.1 Å². The van der Waals surface area contributed by atoms with Crippen molar-refractivity contribution in [1.29, 1.82) is 0 Å². The summed E-state index contributed by atoms with van der Waals surface area (Å²) in [7, 11) is 0. The van der Waals surface area contributed by atoms with Gasteiger partial charge >= 0.3 is 0 Å². The minimum absolute atomic E-state index is 0.00399. The molecule has 0 unspecified atom stereocenters. The van der Waals surface area contributed by atoms with Gasteiger partial charge in [-0.05, 0) is 18.0 Å². The zero-order chi connectivity index (χ0) is 17.2. The number of fused-ring (bicyclic) bond motifs is 1. The number of carbonyl (C=O) groups is 1. The molecule has 0 saturated carbocycles. The van der Waals surface area contributed by atoms with Crippen LogP contribution >= 0.6 is 11.5 Å². The number of rotatable bonds is 4. The first-order chi connectivity index (χ1) is 12.3. The second-order valence-electron chi connectivity index (χ2n) is 6.07. The molecule has 1 aliphatic heterocycles. The van der Waals surface area contributed by atoms with Crippen LogP contribution in [-0.2, 0) is 19.4 Å². The average molecular weight is 354 g/mol. The van der Waals surface area contributed by atoms with Crippen molar-refractivity contribution >= 4 is 17.4 Å². The fourth-order valence-electron chi connectivity index (χ4n) is 3.12. The predicted octanol–water partition coefficient (Wildman–Crippen LogP) is 3.34. The van der Waals surface area contributed by atoms with Gasteiger partial charge < -0.3 is 9.42 Å². The van der Waals surface area contributed by atoms with Crippen LogP contribution < -0.4 is 0 Å². The van der Waals surface area contributed by atoms with Crippen LogP contribution in [0, 0.1) is 0 Å². The van der Waals surface area contributed by atoms with E-state index in [2.05, 4.69) is 21.7 Å². The summed E-state index contributed by atoms with van der Waals surface area (Å²) in [6.45, 7) is 3.20. The Morgan fingerprint density at radius 2 is 2.16 bits per heavy atom. The van der Waals surface area contributed by atoms with Gasteiger partial charge in [-0.3, -0.25) is 4.79 Å². The molecule has 0 fully saturated rings. The molecular weight excluding hydrogens is 336 g/mol. The summed E-state index contributed by atoms with van der Waals surface area (Å²) >= 11 is 1.18. The molecule has 0 radical (unpaired) electrons. The van der Waals surface area contributed by atoms with Crippen LogP contribution in [0.1, 0.15) is 40.0 Å². The smallest absolute Gasteiger partial charge is 0.267 e. The van der Waals surface area contributed by atoms with Crippen molar-refractivity contribution in [3.8, 4) is 11.3 Å². The highest BCUT2D eigenvalue weighted by atomic mass is 32.1. The second-order valence-corrected chi connectivity index (χ2v) is 6.83. The molecule has 0 spiro atoms. The van der Waals surface area contributed by atoms with Crippen molar-refractivity contribution in [3.63, 3.8) is 0 Å². The summed E-state index contributed by atoms with van der Waals surface area (Å²) in [4.78, 5) is 15.4. The molecule has 6 nitrogen and oxygen atoms in total. The SMILES string of the molecule is CCCc1nnsc1C(=O)N1CCc2onc(-c3ccccc3)c2C1. The van der Waals surface area contributed by atoms with E-state index in [1.54, 1.807) is 0 Å². The summed E-state index contributed by atoms with van der Waals surface area (Å²) in [6, 6.07) is 9.93. The van der Waals surface area contributed by atoms with E-state index in [1.807, 2.05) is 35.2 Å². The third kappa shape index (κ3) is 2.95. The second kappa shape index (κ2) is 6.76. The Kier molecular flexibility index (Phi) is 4.31. The molecule has 128 valence electrons. The van der Waals surface area contributed by atoms with Gasteiger partial charge in [-0.1, -0.05) is 53.3 Å². The Morgan fingerprint density at radius 1 is 1.32 bits per heavy atom. The fourth-order valence-corrected chi connectivity index (χ4v) is 3.80. The molecule has 4 rings (SSSR count). The predicted molar refractivity (Wildman–Crippen MR) is 94.3 cm³/mol. The Labute approximate surface area is 149 Å². The van der Waals surface area contributed by atoms with Crippen LogP contribution in [0.25, 0.3) is 11.3 Å². The number of carbonyl (C=O) groups excluding carboxylic acids is 1. The van der Waals surface area contributed by atoms with Crippen LogP contribution in [0.2, 0.25) is 0 Å². The molecule has 0 saturated heterocycles. The third-order valence-electron chi connectivity index (χ3n) is 4.40. The minimum Gasteiger partial charge on any atom is -0.360 e. The molecule has 3 aromatic rings. The van der Waals surface area contributed by atoms with E-state index in [-0.39, 0.29) is 5.91 Å². The average Bonchev–Trinajstić information content (AvgIpc) is 3.28. The van der Waals surface area contributed by atoms with E-state index in [9.17, 15) is 4.79 Å². The monoisotopic (exact) mass is 354 g/mol. The quantitative estimate of drug-likeness (QED) is 0.718. The molecule has 1 amide bonds. The number of hydrogen-bond donors (Lipinski definition) is 0. The molecule has 0 aliphatic carbocycles. The summed E-state index contributed by atoms with van der Waals surface area (Å²) in [6.07, 6.45) is 2.40. The standard InChI is InChI=1S/C18H18N4O2S/c1-2-6-14-17(25-21-19-14)18(23)22-10-9-15-13(11-22)16(20-24-15)12-7-4-3-5-8-12/h3-5,7-8H,2,6,9-11H2,1H3. The van der Waals surface area contributed by atoms with E-state index >= 15 is 0 Å². The molecule has 3 heterocycles. The lowest BCUT2D eigenvalue weighted by atomic mass is 10.0. The van der Waals surface area contributed by atoms with Gasteiger partial charge in [0.15, 0.2) is 0 Å². The van der Waals surface area contributed by atoms with Crippen molar-refractivity contribution < 1.29 is 9.32 Å². The highest BCUT2D eigenvalue weighted by Crippen LogP contribution is 2.31. The summed E-state index contributed by atoms with van der Waals surface area (Å²) in [5.74, 6) is 0.878. The zero-order valence-corrected chi connectivity index (χ0v) is 14.8. The Balaban J connectivity index is 1.61. The maximum Gasteiger partial charge on any atom is 0.267 e. The minimum atomic E-state index is 0.00399. The fraction of sp³-hybridized carbons (Fsp3) is 0.333. The molecule has 0 atom stereocenters. The van der Waals surface area contributed by atoms with Gasteiger partial charge in [0.2, 0.25) is 0 Å². The largest absolute Gasteiger partial charge is 0.360 e. The lowest BCUT2D eigenvalue weighted by molar-refractivity contribution is 0.0732. The van der Waals surface area contributed by atoms with Crippen molar-refractivity contribution in [3.05, 3.63) is 52.2 Å². The normalized spacial score (nSPS) is 13.7. The number of aryl methyl sites for hydroxylation is 1. The number of benzene rings is 1. The van der Waals surface area contributed by atoms with Crippen LogP contribution in [0.3, 0.4) is 0 Å². The number of hydrogen-bond acceptors (Lipinski definition) is 6. The first-order valence-electron chi connectivity index (χ1n) is 8.41. The molecule has 2 aromatic heterocycles. The molecule has 1 aromatic carbocycles. The van der Waals surface area contributed by atoms with Gasteiger partial charge in [0.05, 0.1) is 12.2 Å². The third-order valence-corrected chi connectivity index (χ3v) is 5.15. The van der Waals surface area contributed by atoms with E-state index < -0.39 is 0 Å².